The molecule has 0 aliphatic carbocycles. The zero-order valence-electron chi connectivity index (χ0n) is 27.0. The summed E-state index contributed by atoms with van der Waals surface area (Å²) in [6.45, 7) is 0. The largest absolute Gasteiger partial charge is 0.495 e. The van der Waals surface area contributed by atoms with Crippen LogP contribution < -0.4 is 25.0 Å². The van der Waals surface area contributed by atoms with Crippen LogP contribution in [0.4, 0.5) is 11.4 Å². The van der Waals surface area contributed by atoms with Crippen LogP contribution in [-0.2, 0) is 14.4 Å². The zero-order valence-corrected chi connectivity index (χ0v) is 29.3. The van der Waals surface area contributed by atoms with Gasteiger partial charge in [-0.3, -0.25) is 19.2 Å². The molecule has 0 spiro atoms. The molecule has 0 unspecified atom stereocenters. The molecule has 4 amide bonds. The van der Waals surface area contributed by atoms with E-state index in [1.807, 2.05) is 0 Å². The maximum absolute atomic E-state index is 13.7. The molecule has 9 nitrogen and oxygen atoms in total. The standard InChI is InChI=1S/C39H29Cl2N3O6S/c1-49-34-22-28(14-19-32(34)41)44-36(45)23-35(39(44)48)51-31-9-5-8-27(21-31)42-38(47)33(43-37(46)25-6-3-2-4-7-25)20-24-10-15-29(16-11-24)50-30-17-12-26(40)13-18-30/h2-22,35H,23H2,1H3,(H,42,47)(H,43,46)/b33-20-/t35-/m1/s1. The lowest BCUT2D eigenvalue weighted by atomic mass is 10.1. The number of anilines is 2. The van der Waals surface area contributed by atoms with Crippen LogP contribution in [0.2, 0.25) is 10.0 Å². The minimum atomic E-state index is -0.683. The molecular formula is C39H29Cl2N3O6S. The van der Waals surface area contributed by atoms with E-state index in [0.717, 1.165) is 4.90 Å². The number of methoxy groups -OCH3 is 1. The van der Waals surface area contributed by atoms with Crippen molar-refractivity contribution in [1.29, 1.82) is 0 Å². The molecule has 0 bridgehead atoms. The van der Waals surface area contributed by atoms with Gasteiger partial charge in [0.25, 0.3) is 11.8 Å². The first-order valence-electron chi connectivity index (χ1n) is 15.6. The predicted octanol–water partition coefficient (Wildman–Crippen LogP) is 8.63. The number of carbonyl (C=O) groups is 4. The monoisotopic (exact) mass is 737 g/mol. The Morgan fingerprint density at radius 1 is 0.843 bits per heavy atom. The van der Waals surface area contributed by atoms with Gasteiger partial charge in [0, 0.05) is 33.7 Å². The minimum absolute atomic E-state index is 0.00104. The van der Waals surface area contributed by atoms with Gasteiger partial charge in [-0.1, -0.05) is 59.6 Å². The molecule has 12 heteroatoms. The van der Waals surface area contributed by atoms with Crippen molar-refractivity contribution in [2.45, 2.75) is 16.6 Å². The van der Waals surface area contributed by atoms with E-state index in [1.165, 1.54) is 18.9 Å². The van der Waals surface area contributed by atoms with E-state index in [9.17, 15) is 19.2 Å². The third kappa shape index (κ3) is 8.79. The number of rotatable bonds is 11. The second-order valence-corrected chi connectivity index (χ2v) is 13.3. The Bertz CT molecular complexity index is 2130. The summed E-state index contributed by atoms with van der Waals surface area (Å²) in [5.74, 6) is -0.220. The first kappa shape index (κ1) is 35.3. The maximum atomic E-state index is 13.7. The number of carbonyl (C=O) groups excluding carboxylic acids is 4. The third-order valence-corrected chi connectivity index (χ3v) is 9.38. The molecule has 0 saturated carbocycles. The van der Waals surface area contributed by atoms with E-state index in [1.54, 1.807) is 127 Å². The van der Waals surface area contributed by atoms with E-state index in [2.05, 4.69) is 10.6 Å². The van der Waals surface area contributed by atoms with Crippen molar-refractivity contribution in [1.82, 2.24) is 5.32 Å². The summed E-state index contributed by atoms with van der Waals surface area (Å²) in [6, 6.07) is 34.1. The summed E-state index contributed by atoms with van der Waals surface area (Å²) < 4.78 is 11.1. The summed E-state index contributed by atoms with van der Waals surface area (Å²) in [4.78, 5) is 54.9. The molecule has 0 radical (unpaired) electrons. The second-order valence-electron chi connectivity index (χ2n) is 11.2. The molecule has 1 heterocycles. The normalized spacial score (nSPS) is 14.3. The summed E-state index contributed by atoms with van der Waals surface area (Å²) in [7, 11) is 1.45. The fraction of sp³-hybridized carbons (Fsp3) is 0.0769. The van der Waals surface area contributed by atoms with Crippen molar-refractivity contribution >= 4 is 76.0 Å². The van der Waals surface area contributed by atoms with Gasteiger partial charge in [-0.05, 0) is 90.5 Å². The summed E-state index contributed by atoms with van der Waals surface area (Å²) in [5, 5.41) is 5.86. The highest BCUT2D eigenvalue weighted by Gasteiger charge is 2.40. The van der Waals surface area contributed by atoms with Crippen molar-refractivity contribution in [3.05, 3.63) is 148 Å². The molecule has 1 aliphatic heterocycles. The van der Waals surface area contributed by atoms with Gasteiger partial charge in [0.2, 0.25) is 11.8 Å². The van der Waals surface area contributed by atoms with E-state index in [4.69, 9.17) is 32.7 Å². The average molecular weight is 739 g/mol. The van der Waals surface area contributed by atoms with Crippen molar-refractivity contribution in [3.63, 3.8) is 0 Å². The van der Waals surface area contributed by atoms with Crippen LogP contribution >= 0.6 is 35.0 Å². The van der Waals surface area contributed by atoms with E-state index >= 15 is 0 Å². The number of hydrogen-bond donors (Lipinski definition) is 2. The van der Waals surface area contributed by atoms with Crippen LogP contribution in [-0.4, -0.2) is 36.0 Å². The topological polar surface area (TPSA) is 114 Å². The molecule has 5 aromatic carbocycles. The Morgan fingerprint density at radius 3 is 2.25 bits per heavy atom. The number of amides is 4. The molecule has 0 aromatic heterocycles. The van der Waals surface area contributed by atoms with Crippen LogP contribution in [0, 0.1) is 0 Å². The first-order valence-corrected chi connectivity index (χ1v) is 17.2. The summed E-state index contributed by atoms with van der Waals surface area (Å²) in [6.07, 6.45) is 1.55. The molecule has 1 saturated heterocycles. The lowest BCUT2D eigenvalue weighted by Crippen LogP contribution is -2.31. The van der Waals surface area contributed by atoms with Gasteiger partial charge in [0.05, 0.1) is 23.1 Å². The fourth-order valence-electron chi connectivity index (χ4n) is 5.14. The average Bonchev–Trinajstić information content (AvgIpc) is 3.41. The third-order valence-electron chi connectivity index (χ3n) is 7.64. The number of thioether (sulfide) groups is 1. The first-order chi connectivity index (χ1) is 24.7. The van der Waals surface area contributed by atoms with Gasteiger partial charge < -0.3 is 20.1 Å². The lowest BCUT2D eigenvalue weighted by molar-refractivity contribution is -0.121. The van der Waals surface area contributed by atoms with Gasteiger partial charge in [0.15, 0.2) is 0 Å². The number of nitrogens with one attached hydrogen (secondary N) is 2. The van der Waals surface area contributed by atoms with Crippen LogP contribution in [0.15, 0.2) is 132 Å². The summed E-state index contributed by atoms with van der Waals surface area (Å²) >= 11 is 13.3. The van der Waals surface area contributed by atoms with Crippen LogP contribution in [0.5, 0.6) is 17.2 Å². The van der Waals surface area contributed by atoms with Crippen molar-refractivity contribution in [3.8, 4) is 17.2 Å². The van der Waals surface area contributed by atoms with Gasteiger partial charge in [0.1, 0.15) is 22.9 Å². The molecule has 1 atom stereocenters. The Kier molecular flexibility index (Phi) is 11.1. The van der Waals surface area contributed by atoms with Crippen LogP contribution in [0.25, 0.3) is 6.08 Å². The summed E-state index contributed by atoms with van der Waals surface area (Å²) in [5.41, 5.74) is 1.80. The Balaban J connectivity index is 1.18. The maximum Gasteiger partial charge on any atom is 0.272 e. The molecule has 1 fully saturated rings. The van der Waals surface area contributed by atoms with Crippen molar-refractivity contribution in [2.75, 3.05) is 17.3 Å². The molecular weight excluding hydrogens is 709 g/mol. The predicted molar refractivity (Wildman–Crippen MR) is 200 cm³/mol. The number of imide groups is 1. The van der Waals surface area contributed by atoms with Gasteiger partial charge in [-0.15, -0.1) is 11.8 Å². The van der Waals surface area contributed by atoms with Gasteiger partial charge in [-0.25, -0.2) is 4.90 Å². The number of ether oxygens (including phenoxy) is 2. The highest BCUT2D eigenvalue weighted by molar-refractivity contribution is 8.00. The molecule has 2 N–H and O–H groups in total. The molecule has 51 heavy (non-hydrogen) atoms. The SMILES string of the molecule is COc1cc(N2C(=O)C[C@@H](Sc3cccc(NC(=O)/C(=C/c4ccc(Oc5ccc(Cl)cc5)cc4)NC(=O)c4ccccc4)c3)C2=O)ccc1Cl. The molecule has 6 rings (SSSR count). The van der Waals surface area contributed by atoms with Crippen molar-refractivity contribution < 1.29 is 28.7 Å². The van der Waals surface area contributed by atoms with Gasteiger partial charge >= 0.3 is 0 Å². The highest BCUT2D eigenvalue weighted by atomic mass is 35.5. The number of benzene rings is 5. The molecule has 256 valence electrons. The minimum Gasteiger partial charge on any atom is -0.495 e. The lowest BCUT2D eigenvalue weighted by Gasteiger charge is -2.16. The molecule has 1 aliphatic rings. The van der Waals surface area contributed by atoms with Crippen molar-refractivity contribution in [2.24, 2.45) is 0 Å². The number of hydrogen-bond acceptors (Lipinski definition) is 7. The number of halogens is 2. The van der Waals surface area contributed by atoms with Crippen LogP contribution in [0.3, 0.4) is 0 Å². The Hall–Kier alpha value is -5.55. The Morgan fingerprint density at radius 2 is 1.55 bits per heavy atom. The van der Waals surface area contributed by atoms with E-state index < -0.39 is 17.1 Å². The quantitative estimate of drug-likeness (QED) is 0.103. The van der Waals surface area contributed by atoms with Crippen LogP contribution in [0.1, 0.15) is 22.3 Å². The Labute approximate surface area is 308 Å². The fourth-order valence-corrected chi connectivity index (χ4v) is 6.58. The van der Waals surface area contributed by atoms with Gasteiger partial charge in [-0.2, -0.15) is 0 Å². The van der Waals surface area contributed by atoms with E-state index in [0.29, 0.717) is 54.7 Å². The second kappa shape index (κ2) is 16.0. The smallest absolute Gasteiger partial charge is 0.272 e. The number of nitrogens with zero attached hydrogens (tertiary/aromatic N) is 1. The van der Waals surface area contributed by atoms with E-state index in [-0.39, 0.29) is 23.9 Å². The molecule has 5 aromatic rings. The highest BCUT2D eigenvalue weighted by Crippen LogP contribution is 2.37. The zero-order chi connectivity index (χ0) is 35.9.